The van der Waals surface area contributed by atoms with Gasteiger partial charge in [0, 0.05) is 12.1 Å². The SMILES string of the molecule is COc1cc(C(=O)NCc2ccc(COCc3ccccc3)cc2)cc(Cl)c1OCC(N)=O. The molecule has 0 radical (unpaired) electrons. The Morgan fingerprint density at radius 3 is 2.21 bits per heavy atom. The Morgan fingerprint density at radius 2 is 1.58 bits per heavy atom. The summed E-state index contributed by atoms with van der Waals surface area (Å²) in [7, 11) is 1.41. The Morgan fingerprint density at radius 1 is 0.939 bits per heavy atom. The average Bonchev–Trinajstić information content (AvgIpc) is 2.82. The van der Waals surface area contributed by atoms with Crippen LogP contribution in [0.2, 0.25) is 5.02 Å². The van der Waals surface area contributed by atoms with Gasteiger partial charge in [0.1, 0.15) is 0 Å². The van der Waals surface area contributed by atoms with Gasteiger partial charge in [-0.1, -0.05) is 66.2 Å². The Balaban J connectivity index is 1.53. The molecule has 3 aromatic carbocycles. The maximum absolute atomic E-state index is 12.6. The van der Waals surface area contributed by atoms with Crippen LogP contribution in [0.5, 0.6) is 11.5 Å². The number of benzene rings is 3. The third kappa shape index (κ3) is 7.24. The lowest BCUT2D eigenvalue weighted by atomic mass is 10.1. The van der Waals surface area contributed by atoms with Gasteiger partial charge in [-0.25, -0.2) is 0 Å². The molecule has 0 saturated carbocycles. The quantitative estimate of drug-likeness (QED) is 0.445. The third-order valence-electron chi connectivity index (χ3n) is 4.71. The molecular formula is C25H25ClN2O5. The highest BCUT2D eigenvalue weighted by Gasteiger charge is 2.16. The standard InChI is InChI=1S/C25H25ClN2O5/c1-31-22-12-20(11-21(26)24(22)33-16-23(27)29)25(30)28-13-17-7-9-19(10-8-17)15-32-14-18-5-3-2-4-6-18/h2-12H,13-16H2,1H3,(H2,27,29)(H,28,30). The van der Waals surface area contributed by atoms with Crippen molar-refractivity contribution in [3.8, 4) is 11.5 Å². The molecule has 0 bridgehead atoms. The molecule has 3 N–H and O–H groups in total. The molecule has 0 unspecified atom stereocenters. The lowest BCUT2D eigenvalue weighted by Crippen LogP contribution is -2.23. The van der Waals surface area contributed by atoms with E-state index in [2.05, 4.69) is 5.32 Å². The van der Waals surface area contributed by atoms with Crippen molar-refractivity contribution in [3.63, 3.8) is 0 Å². The van der Waals surface area contributed by atoms with Crippen molar-refractivity contribution >= 4 is 23.4 Å². The van der Waals surface area contributed by atoms with Crippen molar-refractivity contribution in [2.45, 2.75) is 19.8 Å². The molecule has 0 aliphatic heterocycles. The summed E-state index contributed by atoms with van der Waals surface area (Å²) in [5.74, 6) is -0.594. The van der Waals surface area contributed by atoms with E-state index in [1.54, 1.807) is 0 Å². The molecule has 7 nitrogen and oxygen atoms in total. The van der Waals surface area contributed by atoms with Crippen LogP contribution in [0, 0.1) is 0 Å². The Hall–Kier alpha value is -3.55. The van der Waals surface area contributed by atoms with Crippen molar-refractivity contribution in [2.24, 2.45) is 5.73 Å². The van der Waals surface area contributed by atoms with Gasteiger partial charge in [-0.2, -0.15) is 0 Å². The highest BCUT2D eigenvalue weighted by Crippen LogP contribution is 2.36. The minimum Gasteiger partial charge on any atom is -0.493 e. The largest absolute Gasteiger partial charge is 0.493 e. The van der Waals surface area contributed by atoms with Gasteiger partial charge in [0.05, 0.1) is 25.3 Å². The first-order valence-electron chi connectivity index (χ1n) is 10.2. The predicted octanol–water partition coefficient (Wildman–Crippen LogP) is 3.86. The first kappa shape index (κ1) is 24.1. The Labute approximate surface area is 197 Å². The molecule has 0 atom stereocenters. The van der Waals surface area contributed by atoms with Gasteiger partial charge in [0.15, 0.2) is 18.1 Å². The second-order valence-electron chi connectivity index (χ2n) is 7.22. The number of nitrogens with two attached hydrogens (primary N) is 1. The molecule has 0 aliphatic rings. The molecule has 33 heavy (non-hydrogen) atoms. The van der Waals surface area contributed by atoms with Crippen LogP contribution in [-0.4, -0.2) is 25.5 Å². The van der Waals surface area contributed by atoms with Crippen molar-refractivity contribution in [2.75, 3.05) is 13.7 Å². The Kier molecular flexibility index (Phi) is 8.69. The number of rotatable bonds is 11. The second kappa shape index (κ2) is 11.9. The minimum atomic E-state index is -0.649. The van der Waals surface area contributed by atoms with E-state index >= 15 is 0 Å². The van der Waals surface area contributed by atoms with Crippen LogP contribution in [0.25, 0.3) is 0 Å². The van der Waals surface area contributed by atoms with Crippen molar-refractivity contribution in [3.05, 3.63) is 94.0 Å². The van der Waals surface area contributed by atoms with E-state index in [4.69, 9.17) is 31.5 Å². The van der Waals surface area contributed by atoms with Gasteiger partial charge < -0.3 is 25.3 Å². The van der Waals surface area contributed by atoms with E-state index in [0.717, 1.165) is 16.7 Å². The Bertz CT molecular complexity index is 1090. The van der Waals surface area contributed by atoms with E-state index in [-0.39, 0.29) is 29.0 Å². The predicted molar refractivity (Wildman–Crippen MR) is 125 cm³/mol. The van der Waals surface area contributed by atoms with E-state index in [9.17, 15) is 9.59 Å². The zero-order valence-corrected chi connectivity index (χ0v) is 18.9. The average molecular weight is 469 g/mol. The number of amides is 2. The number of carbonyl (C=O) groups excluding carboxylic acids is 2. The molecule has 0 aliphatic carbocycles. The van der Waals surface area contributed by atoms with Crippen LogP contribution in [0.1, 0.15) is 27.0 Å². The fourth-order valence-electron chi connectivity index (χ4n) is 3.03. The molecule has 2 amide bonds. The monoisotopic (exact) mass is 468 g/mol. The fraction of sp³-hybridized carbons (Fsp3) is 0.200. The zero-order valence-electron chi connectivity index (χ0n) is 18.2. The molecule has 0 spiro atoms. The molecule has 8 heteroatoms. The molecule has 172 valence electrons. The maximum atomic E-state index is 12.6. The normalized spacial score (nSPS) is 10.5. The number of hydrogen-bond acceptors (Lipinski definition) is 5. The first-order chi connectivity index (χ1) is 16.0. The van der Waals surface area contributed by atoms with Gasteiger partial charge in [-0.15, -0.1) is 0 Å². The van der Waals surface area contributed by atoms with E-state index in [1.165, 1.54) is 19.2 Å². The number of carbonyl (C=O) groups is 2. The second-order valence-corrected chi connectivity index (χ2v) is 7.63. The molecule has 0 aromatic heterocycles. The van der Waals surface area contributed by atoms with Crippen LogP contribution in [0.3, 0.4) is 0 Å². The summed E-state index contributed by atoms with van der Waals surface area (Å²) in [6.07, 6.45) is 0. The number of ether oxygens (including phenoxy) is 3. The molecular weight excluding hydrogens is 444 g/mol. The van der Waals surface area contributed by atoms with Crippen LogP contribution >= 0.6 is 11.6 Å². The fourth-order valence-corrected chi connectivity index (χ4v) is 3.30. The number of methoxy groups -OCH3 is 1. The number of primary amides is 1. The van der Waals surface area contributed by atoms with Crippen LogP contribution in [-0.2, 0) is 29.3 Å². The van der Waals surface area contributed by atoms with Crippen LogP contribution < -0.4 is 20.5 Å². The van der Waals surface area contributed by atoms with Gasteiger partial charge in [0.2, 0.25) is 0 Å². The summed E-state index contributed by atoms with van der Waals surface area (Å²) in [6, 6.07) is 20.7. The van der Waals surface area contributed by atoms with Crippen LogP contribution in [0.15, 0.2) is 66.7 Å². The van der Waals surface area contributed by atoms with E-state index in [1.807, 2.05) is 54.6 Å². The number of hydrogen-bond donors (Lipinski definition) is 2. The van der Waals surface area contributed by atoms with Gasteiger partial charge in [-0.3, -0.25) is 9.59 Å². The minimum absolute atomic E-state index is 0.139. The lowest BCUT2D eigenvalue weighted by Gasteiger charge is -2.13. The summed E-state index contributed by atoms with van der Waals surface area (Å²) in [5.41, 5.74) is 8.50. The van der Waals surface area contributed by atoms with Crippen molar-refractivity contribution in [1.82, 2.24) is 5.32 Å². The number of nitrogens with one attached hydrogen (secondary N) is 1. The summed E-state index contributed by atoms with van der Waals surface area (Å²) in [6.45, 7) is 1.04. The number of halogens is 1. The summed E-state index contributed by atoms with van der Waals surface area (Å²) in [4.78, 5) is 23.6. The maximum Gasteiger partial charge on any atom is 0.255 e. The van der Waals surface area contributed by atoms with Crippen molar-refractivity contribution in [1.29, 1.82) is 0 Å². The summed E-state index contributed by atoms with van der Waals surface area (Å²) >= 11 is 6.21. The third-order valence-corrected chi connectivity index (χ3v) is 4.99. The highest BCUT2D eigenvalue weighted by molar-refractivity contribution is 6.32. The summed E-state index contributed by atoms with van der Waals surface area (Å²) in [5, 5.41) is 2.99. The van der Waals surface area contributed by atoms with Crippen LogP contribution in [0.4, 0.5) is 0 Å². The zero-order chi connectivity index (χ0) is 23.6. The molecule has 0 heterocycles. The lowest BCUT2D eigenvalue weighted by molar-refractivity contribution is -0.119. The van der Waals surface area contributed by atoms with Crippen molar-refractivity contribution < 1.29 is 23.8 Å². The molecule has 3 rings (SSSR count). The highest BCUT2D eigenvalue weighted by atomic mass is 35.5. The van der Waals surface area contributed by atoms with Gasteiger partial charge in [-0.05, 0) is 28.8 Å². The van der Waals surface area contributed by atoms with E-state index < -0.39 is 5.91 Å². The topological polar surface area (TPSA) is 99.9 Å². The van der Waals surface area contributed by atoms with E-state index in [0.29, 0.717) is 25.3 Å². The summed E-state index contributed by atoms with van der Waals surface area (Å²) < 4.78 is 16.3. The smallest absolute Gasteiger partial charge is 0.255 e. The molecule has 0 fully saturated rings. The first-order valence-corrected chi connectivity index (χ1v) is 10.6. The molecule has 0 saturated heterocycles. The van der Waals surface area contributed by atoms with Gasteiger partial charge in [0.25, 0.3) is 11.8 Å². The molecule has 3 aromatic rings. The van der Waals surface area contributed by atoms with Gasteiger partial charge >= 0.3 is 0 Å².